The second-order valence-electron chi connectivity index (χ2n) is 8.50. The summed E-state index contributed by atoms with van der Waals surface area (Å²) in [4.78, 5) is 32.3. The van der Waals surface area contributed by atoms with Crippen LogP contribution in [-0.4, -0.2) is 91.0 Å². The van der Waals surface area contributed by atoms with Crippen molar-refractivity contribution < 1.29 is 9.72 Å². The van der Waals surface area contributed by atoms with Crippen LogP contribution in [0.3, 0.4) is 0 Å². The normalized spacial score (nSPS) is 18.1. The molecule has 174 valence electrons. The van der Waals surface area contributed by atoms with E-state index in [9.17, 15) is 14.9 Å². The molecule has 0 unspecified atom stereocenters. The first-order chi connectivity index (χ1) is 16.1. The van der Waals surface area contributed by atoms with E-state index in [0.717, 1.165) is 32.7 Å². The summed E-state index contributed by atoms with van der Waals surface area (Å²) in [5, 5.41) is 11.3. The quantitative estimate of drug-likeness (QED) is 0.478. The van der Waals surface area contributed by atoms with Crippen LogP contribution < -0.4 is 4.90 Å². The fourth-order valence-corrected chi connectivity index (χ4v) is 4.41. The maximum atomic E-state index is 12.8. The minimum Gasteiger partial charge on any atom is -0.362 e. The second-order valence-corrected chi connectivity index (χ2v) is 8.50. The molecule has 2 saturated heterocycles. The minimum atomic E-state index is -0.343. The molecule has 0 spiro atoms. The molecule has 2 aromatic carbocycles. The van der Waals surface area contributed by atoms with Gasteiger partial charge in [-0.15, -0.1) is 0 Å². The van der Waals surface area contributed by atoms with E-state index in [-0.39, 0.29) is 16.5 Å². The summed E-state index contributed by atoms with van der Waals surface area (Å²) in [6.45, 7) is 7.46. The lowest BCUT2D eigenvalue weighted by molar-refractivity contribution is -0.384. The van der Waals surface area contributed by atoms with E-state index >= 15 is 0 Å². The molecule has 2 fully saturated rings. The zero-order valence-electron chi connectivity index (χ0n) is 18.9. The summed E-state index contributed by atoms with van der Waals surface area (Å²) in [5.74, 6) is 0.148. The molecule has 0 radical (unpaired) electrons. The first kappa shape index (κ1) is 22.9. The smallest absolute Gasteiger partial charge is 0.292 e. The third-order valence-electron chi connectivity index (χ3n) is 6.35. The van der Waals surface area contributed by atoms with Crippen molar-refractivity contribution in [3.8, 4) is 0 Å². The Kier molecular flexibility index (Phi) is 7.70. The molecule has 1 amide bonds. The second kappa shape index (κ2) is 11.1. The summed E-state index contributed by atoms with van der Waals surface area (Å²) >= 11 is 0. The van der Waals surface area contributed by atoms with Crippen molar-refractivity contribution in [3.63, 3.8) is 0 Å². The van der Waals surface area contributed by atoms with Crippen LogP contribution in [-0.2, 0) is 4.79 Å². The number of nitro groups is 1. The monoisotopic (exact) mass is 449 g/mol. The van der Waals surface area contributed by atoms with Gasteiger partial charge in [0.1, 0.15) is 5.69 Å². The van der Waals surface area contributed by atoms with Crippen LogP contribution in [0.4, 0.5) is 11.4 Å². The van der Waals surface area contributed by atoms with Crippen LogP contribution in [0.25, 0.3) is 6.08 Å². The van der Waals surface area contributed by atoms with Gasteiger partial charge in [-0.1, -0.05) is 54.6 Å². The molecule has 8 nitrogen and oxygen atoms in total. The van der Waals surface area contributed by atoms with Crippen LogP contribution in [0, 0.1) is 10.1 Å². The number of nitro benzene ring substituents is 1. The predicted molar refractivity (Wildman–Crippen MR) is 130 cm³/mol. The SMILES string of the molecule is O=C(CN1CCN(C/C=C/c2ccccc2)CC1)N1CCN(c2ccccc2[N+](=O)[O-])CC1. The largest absolute Gasteiger partial charge is 0.362 e. The Morgan fingerprint density at radius 1 is 0.848 bits per heavy atom. The zero-order valence-corrected chi connectivity index (χ0v) is 18.9. The highest BCUT2D eigenvalue weighted by Crippen LogP contribution is 2.28. The summed E-state index contributed by atoms with van der Waals surface area (Å²) in [5.41, 5.74) is 1.96. The number of anilines is 1. The molecule has 0 aromatic heterocycles. The number of carbonyl (C=O) groups excluding carboxylic acids is 1. The van der Waals surface area contributed by atoms with Gasteiger partial charge in [-0.05, 0) is 11.6 Å². The fourth-order valence-electron chi connectivity index (χ4n) is 4.41. The van der Waals surface area contributed by atoms with E-state index in [2.05, 4.69) is 34.1 Å². The third kappa shape index (κ3) is 6.18. The summed E-state index contributed by atoms with van der Waals surface area (Å²) in [7, 11) is 0. The van der Waals surface area contributed by atoms with Crippen LogP contribution in [0.5, 0.6) is 0 Å². The Morgan fingerprint density at radius 2 is 1.48 bits per heavy atom. The number of amides is 1. The number of nitrogens with zero attached hydrogens (tertiary/aromatic N) is 5. The number of hydrogen-bond donors (Lipinski definition) is 0. The molecule has 0 saturated carbocycles. The molecular formula is C25H31N5O3. The maximum Gasteiger partial charge on any atom is 0.292 e. The lowest BCUT2D eigenvalue weighted by atomic mass is 10.2. The summed E-state index contributed by atoms with van der Waals surface area (Å²) < 4.78 is 0. The predicted octanol–water partition coefficient (Wildman–Crippen LogP) is 2.57. The van der Waals surface area contributed by atoms with E-state index in [1.807, 2.05) is 34.1 Å². The first-order valence-corrected chi connectivity index (χ1v) is 11.5. The third-order valence-corrected chi connectivity index (χ3v) is 6.35. The van der Waals surface area contributed by atoms with Gasteiger partial charge in [0.25, 0.3) is 5.69 Å². The Bertz CT molecular complexity index is 965. The topological polar surface area (TPSA) is 73.2 Å². The van der Waals surface area contributed by atoms with Gasteiger partial charge in [-0.3, -0.25) is 24.7 Å². The number of para-hydroxylation sites is 2. The number of piperazine rings is 2. The van der Waals surface area contributed by atoms with Crippen molar-refractivity contribution in [3.05, 3.63) is 76.4 Å². The Morgan fingerprint density at radius 3 is 2.18 bits per heavy atom. The number of benzene rings is 2. The van der Waals surface area contributed by atoms with E-state index in [4.69, 9.17) is 0 Å². The molecule has 2 aliphatic rings. The average Bonchev–Trinajstić information content (AvgIpc) is 2.86. The zero-order chi connectivity index (χ0) is 23.0. The van der Waals surface area contributed by atoms with E-state index < -0.39 is 0 Å². The van der Waals surface area contributed by atoms with E-state index in [0.29, 0.717) is 38.4 Å². The molecule has 2 aromatic rings. The van der Waals surface area contributed by atoms with Gasteiger partial charge in [0.05, 0.1) is 11.5 Å². The van der Waals surface area contributed by atoms with E-state index in [1.54, 1.807) is 12.1 Å². The lowest BCUT2D eigenvalue weighted by Gasteiger charge is -2.38. The van der Waals surface area contributed by atoms with Gasteiger partial charge >= 0.3 is 0 Å². The maximum absolute atomic E-state index is 12.8. The van der Waals surface area contributed by atoms with Crippen molar-refractivity contribution in [1.82, 2.24) is 14.7 Å². The van der Waals surface area contributed by atoms with Gasteiger partial charge in [-0.2, -0.15) is 0 Å². The van der Waals surface area contributed by atoms with Crippen molar-refractivity contribution in [1.29, 1.82) is 0 Å². The van der Waals surface area contributed by atoms with Crippen molar-refractivity contribution in [2.75, 3.05) is 70.3 Å². The van der Waals surface area contributed by atoms with Crippen LogP contribution in [0.1, 0.15) is 5.56 Å². The van der Waals surface area contributed by atoms with Gasteiger partial charge in [0.2, 0.25) is 5.91 Å². The van der Waals surface area contributed by atoms with Gasteiger partial charge < -0.3 is 9.80 Å². The number of hydrogen-bond acceptors (Lipinski definition) is 6. The molecule has 2 heterocycles. The van der Waals surface area contributed by atoms with Gasteiger partial charge in [-0.25, -0.2) is 0 Å². The molecule has 0 aliphatic carbocycles. The van der Waals surface area contributed by atoms with Crippen molar-refractivity contribution >= 4 is 23.4 Å². The highest BCUT2D eigenvalue weighted by molar-refractivity contribution is 5.78. The van der Waals surface area contributed by atoms with Gasteiger partial charge in [0.15, 0.2) is 0 Å². The highest BCUT2D eigenvalue weighted by Gasteiger charge is 2.27. The Hall–Kier alpha value is -3.23. The van der Waals surface area contributed by atoms with Crippen LogP contribution in [0.2, 0.25) is 0 Å². The summed E-state index contributed by atoms with van der Waals surface area (Å²) in [6, 6.07) is 17.1. The van der Waals surface area contributed by atoms with Crippen LogP contribution in [0.15, 0.2) is 60.7 Å². The van der Waals surface area contributed by atoms with Crippen molar-refractivity contribution in [2.45, 2.75) is 0 Å². The van der Waals surface area contributed by atoms with Crippen molar-refractivity contribution in [2.24, 2.45) is 0 Å². The molecular weight excluding hydrogens is 418 g/mol. The first-order valence-electron chi connectivity index (χ1n) is 11.5. The lowest BCUT2D eigenvalue weighted by Crippen LogP contribution is -2.53. The average molecular weight is 450 g/mol. The molecule has 8 heteroatoms. The number of rotatable bonds is 7. The Labute approximate surface area is 194 Å². The Balaban J connectivity index is 1.19. The highest BCUT2D eigenvalue weighted by atomic mass is 16.6. The molecule has 0 bridgehead atoms. The standard InChI is InChI=1S/C25H31N5O3/c31-25(29-19-17-28(18-20-29)23-10-4-5-11-24(23)30(32)33)21-27-15-13-26(14-16-27)12-6-9-22-7-2-1-3-8-22/h1-11H,12-21H2/b9-6+. The molecule has 33 heavy (non-hydrogen) atoms. The molecule has 0 atom stereocenters. The minimum absolute atomic E-state index is 0.119. The van der Waals surface area contributed by atoms with Gasteiger partial charge in [0, 0.05) is 65.0 Å². The van der Waals surface area contributed by atoms with Crippen LogP contribution >= 0.6 is 0 Å². The molecule has 0 N–H and O–H groups in total. The fraction of sp³-hybridized carbons (Fsp3) is 0.400. The summed E-state index contributed by atoms with van der Waals surface area (Å²) in [6.07, 6.45) is 4.35. The van der Waals surface area contributed by atoms with E-state index in [1.165, 1.54) is 11.6 Å². The number of carbonyl (C=O) groups is 1. The molecule has 4 rings (SSSR count). The molecule has 2 aliphatic heterocycles.